The fourth-order valence-electron chi connectivity index (χ4n) is 2.07. The van der Waals surface area contributed by atoms with Gasteiger partial charge in [0.05, 0.1) is 0 Å². The van der Waals surface area contributed by atoms with Crippen molar-refractivity contribution in [3.05, 3.63) is 29.3 Å². The van der Waals surface area contributed by atoms with E-state index >= 15 is 0 Å². The van der Waals surface area contributed by atoms with Gasteiger partial charge in [0.1, 0.15) is 0 Å². The molecule has 0 atom stereocenters. The van der Waals surface area contributed by atoms with Gasteiger partial charge in [-0.15, -0.1) is 0 Å². The lowest BCUT2D eigenvalue weighted by molar-refractivity contribution is 0.413. The molecule has 0 heterocycles. The Morgan fingerprint density at radius 3 is 2.50 bits per heavy atom. The van der Waals surface area contributed by atoms with Gasteiger partial charge in [-0.3, -0.25) is 0 Å². The van der Waals surface area contributed by atoms with Crippen molar-refractivity contribution in [1.29, 1.82) is 0 Å². The summed E-state index contributed by atoms with van der Waals surface area (Å²) in [6.07, 6.45) is 6.44. The first-order valence-electron chi connectivity index (χ1n) is 6.23. The van der Waals surface area contributed by atoms with Crippen LogP contribution in [0.15, 0.2) is 29.2 Å². The third-order valence-corrected chi connectivity index (χ3v) is 4.43. The fourth-order valence-corrected chi connectivity index (χ4v) is 3.03. The van der Waals surface area contributed by atoms with E-state index in [1.165, 1.54) is 44.1 Å². The largest absolute Gasteiger partial charge is 0.359 e. The lowest BCUT2D eigenvalue weighted by Gasteiger charge is -2.24. The molecular formula is C13H17ClN2S2. The molecule has 0 aromatic heterocycles. The monoisotopic (exact) mass is 300 g/mol. The summed E-state index contributed by atoms with van der Waals surface area (Å²) in [5, 5.41) is 4.85. The van der Waals surface area contributed by atoms with Crippen molar-refractivity contribution in [2.24, 2.45) is 0 Å². The van der Waals surface area contributed by atoms with Crippen molar-refractivity contribution in [1.82, 2.24) is 10.0 Å². The topological polar surface area (TPSA) is 24.1 Å². The molecule has 0 saturated heterocycles. The van der Waals surface area contributed by atoms with Gasteiger partial charge in [0, 0.05) is 16.0 Å². The summed E-state index contributed by atoms with van der Waals surface area (Å²) in [5.41, 5.74) is 0. The van der Waals surface area contributed by atoms with Gasteiger partial charge in [-0.2, -0.15) is 0 Å². The van der Waals surface area contributed by atoms with Gasteiger partial charge in [-0.25, -0.2) is 0 Å². The van der Waals surface area contributed by atoms with Crippen molar-refractivity contribution in [2.75, 3.05) is 0 Å². The van der Waals surface area contributed by atoms with Gasteiger partial charge >= 0.3 is 0 Å². The van der Waals surface area contributed by atoms with Crippen LogP contribution >= 0.6 is 35.8 Å². The highest BCUT2D eigenvalue weighted by Crippen LogP contribution is 2.19. The van der Waals surface area contributed by atoms with E-state index in [1.807, 2.05) is 24.3 Å². The van der Waals surface area contributed by atoms with Gasteiger partial charge in [-0.05, 0) is 61.3 Å². The minimum absolute atomic E-state index is 0.546. The number of nitrogens with one attached hydrogen (secondary N) is 2. The van der Waals surface area contributed by atoms with Crippen LogP contribution in [0.3, 0.4) is 0 Å². The van der Waals surface area contributed by atoms with Gasteiger partial charge in [0.2, 0.25) is 0 Å². The highest BCUT2D eigenvalue weighted by molar-refractivity contribution is 7.99. The third kappa shape index (κ3) is 4.67. The molecule has 1 fully saturated rings. The summed E-state index contributed by atoms with van der Waals surface area (Å²) in [5.74, 6) is 0. The molecule has 2 rings (SSSR count). The second kappa shape index (κ2) is 7.22. The highest BCUT2D eigenvalue weighted by Gasteiger charge is 2.13. The maximum absolute atomic E-state index is 5.84. The van der Waals surface area contributed by atoms with E-state index in [1.54, 1.807) is 0 Å². The second-order valence-corrected chi connectivity index (χ2v) is 6.19. The number of hydrogen-bond donors (Lipinski definition) is 2. The molecule has 18 heavy (non-hydrogen) atoms. The Morgan fingerprint density at radius 2 is 1.83 bits per heavy atom. The summed E-state index contributed by atoms with van der Waals surface area (Å²) >= 11 is 12.6. The van der Waals surface area contributed by atoms with Crippen molar-refractivity contribution in [2.45, 2.75) is 43.0 Å². The molecule has 1 saturated carbocycles. The smallest absolute Gasteiger partial charge is 0.176 e. The van der Waals surface area contributed by atoms with Crippen LogP contribution in [0.25, 0.3) is 0 Å². The number of hydrogen-bond acceptors (Lipinski definition) is 2. The molecule has 2 N–H and O–H groups in total. The molecule has 0 bridgehead atoms. The zero-order chi connectivity index (χ0) is 12.8. The van der Waals surface area contributed by atoms with E-state index < -0.39 is 0 Å². The Bertz CT molecular complexity index is 388. The molecule has 0 amide bonds. The average Bonchev–Trinajstić information content (AvgIpc) is 2.39. The van der Waals surface area contributed by atoms with Gasteiger partial charge in [0.15, 0.2) is 5.11 Å². The lowest BCUT2D eigenvalue weighted by atomic mass is 9.96. The van der Waals surface area contributed by atoms with E-state index in [4.69, 9.17) is 23.8 Å². The van der Waals surface area contributed by atoms with E-state index in [0.717, 1.165) is 15.0 Å². The predicted octanol–water partition coefficient (Wildman–Crippen LogP) is 4.14. The Hall–Kier alpha value is -0.450. The first kappa shape index (κ1) is 14.0. The average molecular weight is 301 g/mol. The molecule has 0 spiro atoms. The minimum Gasteiger partial charge on any atom is -0.359 e. The summed E-state index contributed by atoms with van der Waals surface area (Å²) in [6.45, 7) is 0. The predicted molar refractivity (Wildman–Crippen MR) is 83.1 cm³/mol. The maximum Gasteiger partial charge on any atom is 0.176 e. The number of thiocarbonyl (C=S) groups is 1. The maximum atomic E-state index is 5.84. The number of rotatable bonds is 3. The molecular weight excluding hydrogens is 284 g/mol. The molecule has 1 aliphatic rings. The first-order chi connectivity index (χ1) is 8.74. The lowest BCUT2D eigenvalue weighted by Crippen LogP contribution is -2.40. The summed E-state index contributed by atoms with van der Waals surface area (Å²) in [7, 11) is 0. The number of halogens is 1. The Labute approximate surface area is 123 Å². The standard InChI is InChI=1S/C13H17ClN2S2/c14-10-6-8-12(9-7-10)18-16-13(17)15-11-4-2-1-3-5-11/h6-9,11H,1-5H2,(H2,15,16,17). The van der Waals surface area contributed by atoms with E-state index in [-0.39, 0.29) is 0 Å². The summed E-state index contributed by atoms with van der Waals surface area (Å²) in [6, 6.07) is 8.25. The second-order valence-electron chi connectivity index (χ2n) is 4.47. The SMILES string of the molecule is S=C(NSc1ccc(Cl)cc1)NC1CCCCC1. The zero-order valence-corrected chi connectivity index (χ0v) is 12.5. The fraction of sp³-hybridized carbons (Fsp3) is 0.462. The van der Waals surface area contributed by atoms with Gasteiger partial charge in [-0.1, -0.05) is 30.9 Å². The van der Waals surface area contributed by atoms with Crippen LogP contribution < -0.4 is 10.0 Å². The van der Waals surface area contributed by atoms with E-state index in [2.05, 4.69) is 10.0 Å². The molecule has 1 aliphatic carbocycles. The Morgan fingerprint density at radius 1 is 1.17 bits per heavy atom. The van der Waals surface area contributed by atoms with Crippen molar-refractivity contribution < 1.29 is 0 Å². The summed E-state index contributed by atoms with van der Waals surface area (Å²) in [4.78, 5) is 1.10. The molecule has 1 aromatic carbocycles. The zero-order valence-electron chi connectivity index (χ0n) is 10.1. The minimum atomic E-state index is 0.546. The van der Waals surface area contributed by atoms with Crippen molar-refractivity contribution >= 4 is 40.9 Å². The van der Waals surface area contributed by atoms with Gasteiger partial charge in [0.25, 0.3) is 0 Å². The molecule has 98 valence electrons. The first-order valence-corrected chi connectivity index (χ1v) is 7.83. The van der Waals surface area contributed by atoms with Crippen LogP contribution in [0.1, 0.15) is 32.1 Å². The molecule has 2 nitrogen and oxygen atoms in total. The molecule has 0 radical (unpaired) electrons. The van der Waals surface area contributed by atoms with Gasteiger partial charge < -0.3 is 10.0 Å². The normalized spacial score (nSPS) is 16.3. The molecule has 5 heteroatoms. The quantitative estimate of drug-likeness (QED) is 0.647. The molecule has 1 aromatic rings. The van der Waals surface area contributed by atoms with Crippen LogP contribution in [0.2, 0.25) is 5.02 Å². The summed E-state index contributed by atoms with van der Waals surface area (Å²) < 4.78 is 3.16. The van der Waals surface area contributed by atoms with Crippen LogP contribution in [-0.4, -0.2) is 11.2 Å². The number of benzene rings is 1. The van der Waals surface area contributed by atoms with Crippen LogP contribution in [0.4, 0.5) is 0 Å². The van der Waals surface area contributed by atoms with Crippen LogP contribution in [0.5, 0.6) is 0 Å². The third-order valence-electron chi connectivity index (χ3n) is 3.02. The van der Waals surface area contributed by atoms with Crippen molar-refractivity contribution in [3.63, 3.8) is 0 Å². The Kier molecular flexibility index (Phi) is 5.60. The molecule has 0 aliphatic heterocycles. The van der Waals surface area contributed by atoms with E-state index in [0.29, 0.717) is 6.04 Å². The van der Waals surface area contributed by atoms with E-state index in [9.17, 15) is 0 Å². The van der Waals surface area contributed by atoms with Crippen molar-refractivity contribution in [3.8, 4) is 0 Å². The highest BCUT2D eigenvalue weighted by atomic mass is 35.5. The molecule has 0 unspecified atom stereocenters. The van der Waals surface area contributed by atoms with Crippen LogP contribution in [0, 0.1) is 0 Å². The van der Waals surface area contributed by atoms with Crippen LogP contribution in [-0.2, 0) is 0 Å². The Balaban J connectivity index is 1.72.